The zero-order valence-corrected chi connectivity index (χ0v) is 21.1. The molecular formula is C26H28ClN7O2. The lowest BCUT2D eigenvalue weighted by Gasteiger charge is -2.46. The number of nitriles is 1. The van der Waals surface area contributed by atoms with Gasteiger partial charge in [-0.1, -0.05) is 24.9 Å². The van der Waals surface area contributed by atoms with Crippen LogP contribution < -0.4 is 15.0 Å². The molecule has 2 unspecified atom stereocenters. The molecule has 36 heavy (non-hydrogen) atoms. The smallest absolute Gasteiger partial charge is 0.225 e. The van der Waals surface area contributed by atoms with Gasteiger partial charge >= 0.3 is 0 Å². The number of aromatic nitrogens is 4. The summed E-state index contributed by atoms with van der Waals surface area (Å²) in [6, 6.07) is 7.17. The van der Waals surface area contributed by atoms with Crippen molar-refractivity contribution >= 4 is 29.1 Å². The maximum absolute atomic E-state index is 9.07. The third-order valence-electron chi connectivity index (χ3n) is 6.65. The fourth-order valence-corrected chi connectivity index (χ4v) is 5.03. The molecule has 2 aromatic heterocycles. The second-order valence-corrected chi connectivity index (χ2v) is 9.68. The Balaban J connectivity index is 1.31. The van der Waals surface area contributed by atoms with Crippen LogP contribution in [0.25, 0.3) is 0 Å². The van der Waals surface area contributed by atoms with E-state index in [1.807, 2.05) is 19.3 Å². The molecule has 0 spiro atoms. The number of nitrogens with one attached hydrogen (secondary N) is 1. The van der Waals surface area contributed by atoms with Gasteiger partial charge in [0.15, 0.2) is 0 Å². The Bertz CT molecular complexity index is 1250. The van der Waals surface area contributed by atoms with Crippen LogP contribution in [0, 0.1) is 30.1 Å². The number of nitrogens with zero attached hydrogens (tertiary/aromatic N) is 6. The number of aryl methyl sites for hydroxylation is 1. The summed E-state index contributed by atoms with van der Waals surface area (Å²) in [4.78, 5) is 20.3. The molecular weight excluding hydrogens is 478 g/mol. The summed E-state index contributed by atoms with van der Waals surface area (Å²) in [6.45, 7) is 6.81. The first-order valence-electron chi connectivity index (χ1n) is 12.1. The summed E-state index contributed by atoms with van der Waals surface area (Å²) in [6.07, 6.45) is 7.37. The minimum Gasteiger partial charge on any atom is -0.473 e. The molecule has 0 amide bonds. The molecule has 3 aromatic rings. The first-order chi connectivity index (χ1) is 17.6. The summed E-state index contributed by atoms with van der Waals surface area (Å²) in [5.41, 5.74) is 3.10. The minimum atomic E-state index is -0.0330. The van der Waals surface area contributed by atoms with Gasteiger partial charge in [0.2, 0.25) is 11.8 Å². The number of hydrogen-bond acceptors (Lipinski definition) is 9. The predicted molar refractivity (Wildman–Crippen MR) is 137 cm³/mol. The fourth-order valence-electron chi connectivity index (χ4n) is 4.81. The highest BCUT2D eigenvalue weighted by atomic mass is 35.5. The molecule has 4 heterocycles. The van der Waals surface area contributed by atoms with Crippen molar-refractivity contribution < 1.29 is 9.47 Å². The Morgan fingerprint density at radius 2 is 1.92 bits per heavy atom. The van der Waals surface area contributed by atoms with Crippen molar-refractivity contribution in [3.63, 3.8) is 0 Å². The van der Waals surface area contributed by atoms with Gasteiger partial charge in [-0.3, -0.25) is 0 Å². The SMILES string of the molecule is CCCc1cnc(N2CC3COCC(C2)C3Oc2ncnc(Nc3ccc(C#N)cc3Cl)c2C)nc1. The number of ether oxygens (including phenoxy) is 2. The van der Waals surface area contributed by atoms with Gasteiger partial charge in [-0.25, -0.2) is 19.9 Å². The van der Waals surface area contributed by atoms with Crippen LogP contribution in [-0.4, -0.2) is 52.3 Å². The molecule has 0 aliphatic carbocycles. The standard InChI is InChI=1S/C26H28ClN7O2/c1-3-4-18-9-29-26(30-10-18)34-11-19-13-35-14-20(12-34)23(19)36-25-16(2)24(31-15-32-25)33-22-6-5-17(8-28)7-21(22)27/h5-7,9-10,15,19-20,23H,3-4,11-14H2,1-2H3,(H,31,32,33). The zero-order chi connectivity index (χ0) is 25.1. The van der Waals surface area contributed by atoms with E-state index in [2.05, 4.69) is 43.1 Å². The highest BCUT2D eigenvalue weighted by Crippen LogP contribution is 2.35. The van der Waals surface area contributed by atoms with E-state index in [-0.39, 0.29) is 17.9 Å². The maximum Gasteiger partial charge on any atom is 0.225 e. The number of piperidine rings is 1. The summed E-state index contributed by atoms with van der Waals surface area (Å²) >= 11 is 6.34. The normalized spacial score (nSPS) is 21.1. The van der Waals surface area contributed by atoms with E-state index in [4.69, 9.17) is 26.3 Å². The van der Waals surface area contributed by atoms with Crippen LogP contribution in [0.5, 0.6) is 5.88 Å². The molecule has 5 rings (SSSR count). The van der Waals surface area contributed by atoms with E-state index < -0.39 is 0 Å². The highest BCUT2D eigenvalue weighted by molar-refractivity contribution is 6.33. The van der Waals surface area contributed by atoms with Crippen LogP contribution in [0.1, 0.15) is 30.0 Å². The zero-order valence-electron chi connectivity index (χ0n) is 20.3. The quantitative estimate of drug-likeness (QED) is 0.501. The van der Waals surface area contributed by atoms with Crippen molar-refractivity contribution in [3.05, 3.63) is 58.6 Å². The Morgan fingerprint density at radius 1 is 1.17 bits per heavy atom. The van der Waals surface area contributed by atoms with Crippen LogP contribution in [0.2, 0.25) is 5.02 Å². The molecule has 2 aliphatic rings. The molecule has 2 fully saturated rings. The third-order valence-corrected chi connectivity index (χ3v) is 6.97. The molecule has 2 atom stereocenters. The number of fused-ring (bicyclic) bond motifs is 2. The van der Waals surface area contributed by atoms with Crippen LogP contribution in [0.4, 0.5) is 17.5 Å². The van der Waals surface area contributed by atoms with Crippen molar-refractivity contribution in [2.75, 3.05) is 36.5 Å². The Labute approximate surface area is 215 Å². The lowest BCUT2D eigenvalue weighted by atomic mass is 9.84. The topological polar surface area (TPSA) is 109 Å². The van der Waals surface area contributed by atoms with Gasteiger partial charge in [-0.05, 0) is 37.1 Å². The number of rotatable bonds is 7. The lowest BCUT2D eigenvalue weighted by Crippen LogP contribution is -2.58. The Morgan fingerprint density at radius 3 is 2.58 bits per heavy atom. The van der Waals surface area contributed by atoms with Crippen molar-refractivity contribution in [2.24, 2.45) is 11.8 Å². The third kappa shape index (κ3) is 5.06. The molecule has 186 valence electrons. The second-order valence-electron chi connectivity index (χ2n) is 9.27. The van der Waals surface area contributed by atoms with E-state index in [9.17, 15) is 0 Å². The van der Waals surface area contributed by atoms with E-state index in [1.165, 1.54) is 6.33 Å². The predicted octanol–water partition coefficient (Wildman–Crippen LogP) is 4.33. The van der Waals surface area contributed by atoms with E-state index in [0.717, 1.165) is 43.0 Å². The van der Waals surface area contributed by atoms with Crippen molar-refractivity contribution in [1.82, 2.24) is 19.9 Å². The molecule has 1 aromatic carbocycles. The van der Waals surface area contributed by atoms with Gasteiger partial charge in [0.25, 0.3) is 0 Å². The van der Waals surface area contributed by atoms with Gasteiger partial charge in [0.05, 0.1) is 41.1 Å². The van der Waals surface area contributed by atoms with Crippen molar-refractivity contribution in [2.45, 2.75) is 32.8 Å². The molecule has 0 saturated carbocycles. The molecule has 2 bridgehead atoms. The molecule has 2 saturated heterocycles. The van der Waals surface area contributed by atoms with Gasteiger partial charge in [0, 0.05) is 37.3 Å². The van der Waals surface area contributed by atoms with Crippen LogP contribution in [-0.2, 0) is 11.2 Å². The first-order valence-corrected chi connectivity index (χ1v) is 12.5. The first kappa shape index (κ1) is 24.2. The average molecular weight is 506 g/mol. The maximum atomic E-state index is 9.07. The van der Waals surface area contributed by atoms with Gasteiger partial charge < -0.3 is 19.7 Å². The summed E-state index contributed by atoms with van der Waals surface area (Å²) in [5.74, 6) is 2.22. The summed E-state index contributed by atoms with van der Waals surface area (Å²) in [5, 5.41) is 12.8. The van der Waals surface area contributed by atoms with Crippen LogP contribution in [0.3, 0.4) is 0 Å². The molecule has 9 nitrogen and oxygen atoms in total. The number of hydrogen-bond donors (Lipinski definition) is 1. The van der Waals surface area contributed by atoms with Crippen LogP contribution >= 0.6 is 11.6 Å². The monoisotopic (exact) mass is 505 g/mol. The van der Waals surface area contributed by atoms with Crippen LogP contribution in [0.15, 0.2) is 36.9 Å². The largest absolute Gasteiger partial charge is 0.473 e. The van der Waals surface area contributed by atoms with Gasteiger partial charge in [0.1, 0.15) is 18.2 Å². The van der Waals surface area contributed by atoms with E-state index in [1.54, 1.807) is 18.2 Å². The van der Waals surface area contributed by atoms with E-state index in [0.29, 0.717) is 41.2 Å². The average Bonchev–Trinajstić information content (AvgIpc) is 2.88. The fraction of sp³-hybridized carbons (Fsp3) is 0.423. The highest BCUT2D eigenvalue weighted by Gasteiger charge is 2.43. The number of benzene rings is 1. The molecule has 0 radical (unpaired) electrons. The summed E-state index contributed by atoms with van der Waals surface area (Å²) < 4.78 is 12.4. The van der Waals surface area contributed by atoms with Crippen molar-refractivity contribution in [1.29, 1.82) is 5.26 Å². The van der Waals surface area contributed by atoms with Gasteiger partial charge in [-0.15, -0.1) is 0 Å². The Kier molecular flexibility index (Phi) is 7.16. The number of anilines is 3. The van der Waals surface area contributed by atoms with E-state index >= 15 is 0 Å². The number of halogens is 1. The second kappa shape index (κ2) is 10.6. The summed E-state index contributed by atoms with van der Waals surface area (Å²) in [7, 11) is 0. The van der Waals surface area contributed by atoms with Gasteiger partial charge in [-0.2, -0.15) is 5.26 Å². The van der Waals surface area contributed by atoms with Crippen molar-refractivity contribution in [3.8, 4) is 11.9 Å². The molecule has 10 heteroatoms. The molecule has 1 N–H and O–H groups in total. The Hall–Kier alpha value is -3.48. The lowest BCUT2D eigenvalue weighted by molar-refractivity contribution is -0.0771. The molecule has 2 aliphatic heterocycles. The minimum absolute atomic E-state index is 0.0330.